The van der Waals surface area contributed by atoms with Gasteiger partial charge in [0.15, 0.2) is 0 Å². The minimum atomic E-state index is -1.04. The SMILES string of the molecule is COCCN(CC(=O)O)C(=O)NCC(C)(C)c1cccs1. The summed E-state index contributed by atoms with van der Waals surface area (Å²) in [6, 6.07) is 3.61. The van der Waals surface area contributed by atoms with E-state index in [1.807, 2.05) is 31.4 Å². The van der Waals surface area contributed by atoms with Gasteiger partial charge in [0.05, 0.1) is 6.61 Å². The maximum Gasteiger partial charge on any atom is 0.323 e. The Kier molecular flexibility index (Phi) is 6.64. The van der Waals surface area contributed by atoms with Crippen LogP contribution < -0.4 is 5.32 Å². The van der Waals surface area contributed by atoms with Crippen molar-refractivity contribution in [2.45, 2.75) is 19.3 Å². The van der Waals surface area contributed by atoms with Gasteiger partial charge in [-0.15, -0.1) is 11.3 Å². The fraction of sp³-hybridized carbons (Fsp3) is 0.571. The number of aliphatic carboxylic acids is 1. The van der Waals surface area contributed by atoms with E-state index in [0.29, 0.717) is 13.2 Å². The first-order valence-corrected chi connectivity index (χ1v) is 7.52. The molecule has 118 valence electrons. The zero-order valence-corrected chi connectivity index (χ0v) is 13.4. The Balaban J connectivity index is 2.58. The third kappa shape index (κ3) is 5.73. The molecule has 0 spiro atoms. The van der Waals surface area contributed by atoms with Crippen LogP contribution in [0.5, 0.6) is 0 Å². The van der Waals surface area contributed by atoms with Crippen LogP contribution in [-0.4, -0.2) is 55.4 Å². The molecule has 1 heterocycles. The standard InChI is InChI=1S/C14H22N2O4S/c1-14(2,11-5-4-8-21-11)10-15-13(19)16(6-7-20-3)9-12(17)18/h4-5,8H,6-7,9-10H2,1-3H3,(H,15,19)(H,17,18). The Labute approximate surface area is 128 Å². The number of rotatable bonds is 8. The van der Waals surface area contributed by atoms with Crippen LogP contribution in [0.1, 0.15) is 18.7 Å². The quantitative estimate of drug-likeness (QED) is 0.766. The van der Waals surface area contributed by atoms with Gasteiger partial charge in [-0.3, -0.25) is 4.79 Å². The lowest BCUT2D eigenvalue weighted by molar-refractivity contribution is -0.137. The summed E-state index contributed by atoms with van der Waals surface area (Å²) in [4.78, 5) is 25.3. The maximum absolute atomic E-state index is 12.1. The number of nitrogens with zero attached hydrogens (tertiary/aromatic N) is 1. The molecule has 0 saturated carbocycles. The summed E-state index contributed by atoms with van der Waals surface area (Å²) in [7, 11) is 1.51. The molecule has 0 aliphatic rings. The van der Waals surface area contributed by atoms with E-state index in [1.165, 1.54) is 16.9 Å². The second kappa shape index (κ2) is 7.99. The lowest BCUT2D eigenvalue weighted by Crippen LogP contribution is -2.47. The molecule has 6 nitrogen and oxygen atoms in total. The Bertz CT molecular complexity index is 460. The van der Waals surface area contributed by atoms with Gasteiger partial charge in [0, 0.05) is 30.5 Å². The normalized spacial score (nSPS) is 11.2. The summed E-state index contributed by atoms with van der Waals surface area (Å²) in [5, 5.41) is 13.6. The number of carboxylic acid groups (broad SMARTS) is 1. The molecule has 1 rings (SSSR count). The third-order valence-corrected chi connectivity index (χ3v) is 4.28. The van der Waals surface area contributed by atoms with Gasteiger partial charge in [-0.2, -0.15) is 0 Å². The van der Waals surface area contributed by atoms with E-state index in [4.69, 9.17) is 9.84 Å². The van der Waals surface area contributed by atoms with Crippen LogP contribution in [0.25, 0.3) is 0 Å². The zero-order chi connectivity index (χ0) is 15.9. The molecule has 0 bridgehead atoms. The van der Waals surface area contributed by atoms with Crippen molar-refractivity contribution in [3.8, 4) is 0 Å². The summed E-state index contributed by atoms with van der Waals surface area (Å²) in [6.45, 7) is 4.72. The Hall–Kier alpha value is -1.60. The molecule has 0 radical (unpaired) electrons. The molecule has 21 heavy (non-hydrogen) atoms. The van der Waals surface area contributed by atoms with E-state index in [0.717, 1.165) is 0 Å². The molecule has 0 unspecified atom stereocenters. The van der Waals surface area contributed by atoms with E-state index in [2.05, 4.69) is 5.32 Å². The zero-order valence-electron chi connectivity index (χ0n) is 12.6. The first kappa shape index (κ1) is 17.5. The summed E-state index contributed by atoms with van der Waals surface area (Å²) >= 11 is 1.64. The van der Waals surface area contributed by atoms with Crippen LogP contribution in [0.2, 0.25) is 0 Å². The number of carbonyl (C=O) groups is 2. The van der Waals surface area contributed by atoms with Crippen molar-refractivity contribution in [1.82, 2.24) is 10.2 Å². The summed E-state index contributed by atoms with van der Waals surface area (Å²) in [6.07, 6.45) is 0. The number of hydrogen-bond acceptors (Lipinski definition) is 4. The van der Waals surface area contributed by atoms with E-state index < -0.39 is 5.97 Å². The first-order chi connectivity index (χ1) is 9.86. The van der Waals surface area contributed by atoms with Gasteiger partial charge in [0.25, 0.3) is 0 Å². The number of carboxylic acids is 1. The largest absolute Gasteiger partial charge is 0.480 e. The highest BCUT2D eigenvalue weighted by Crippen LogP contribution is 2.26. The molecule has 1 aromatic heterocycles. The second-order valence-corrected chi connectivity index (χ2v) is 6.28. The maximum atomic E-state index is 12.1. The lowest BCUT2D eigenvalue weighted by Gasteiger charge is -2.27. The smallest absolute Gasteiger partial charge is 0.323 e. The van der Waals surface area contributed by atoms with Crippen molar-refractivity contribution in [2.24, 2.45) is 0 Å². The van der Waals surface area contributed by atoms with Gasteiger partial charge in [0.1, 0.15) is 6.54 Å². The van der Waals surface area contributed by atoms with E-state index in [1.54, 1.807) is 11.3 Å². The van der Waals surface area contributed by atoms with Crippen molar-refractivity contribution >= 4 is 23.3 Å². The fourth-order valence-corrected chi connectivity index (χ4v) is 2.63. The summed E-state index contributed by atoms with van der Waals surface area (Å²) < 4.78 is 4.90. The summed E-state index contributed by atoms with van der Waals surface area (Å²) in [5.74, 6) is -1.04. The minimum absolute atomic E-state index is 0.194. The Morgan fingerprint density at radius 1 is 1.48 bits per heavy atom. The van der Waals surface area contributed by atoms with Gasteiger partial charge in [-0.1, -0.05) is 19.9 Å². The Morgan fingerprint density at radius 2 is 2.19 bits per heavy atom. The molecule has 0 fully saturated rings. The summed E-state index contributed by atoms with van der Waals surface area (Å²) in [5.41, 5.74) is -0.194. The Morgan fingerprint density at radius 3 is 2.71 bits per heavy atom. The number of thiophene rings is 1. The molecule has 0 atom stereocenters. The van der Waals surface area contributed by atoms with Crippen molar-refractivity contribution in [2.75, 3.05) is 33.4 Å². The molecule has 2 amide bonds. The number of hydrogen-bond donors (Lipinski definition) is 2. The van der Waals surface area contributed by atoms with E-state index in [9.17, 15) is 9.59 Å². The number of urea groups is 1. The van der Waals surface area contributed by atoms with Crippen LogP contribution >= 0.6 is 11.3 Å². The molecular weight excluding hydrogens is 292 g/mol. The molecule has 2 N–H and O–H groups in total. The topological polar surface area (TPSA) is 78.9 Å². The second-order valence-electron chi connectivity index (χ2n) is 5.33. The molecule has 0 aromatic carbocycles. The van der Waals surface area contributed by atoms with Crippen LogP contribution in [-0.2, 0) is 14.9 Å². The van der Waals surface area contributed by atoms with E-state index >= 15 is 0 Å². The molecule has 0 saturated heterocycles. The van der Waals surface area contributed by atoms with Crippen molar-refractivity contribution in [1.29, 1.82) is 0 Å². The van der Waals surface area contributed by atoms with Gasteiger partial charge in [0.2, 0.25) is 0 Å². The van der Waals surface area contributed by atoms with Crippen molar-refractivity contribution < 1.29 is 19.4 Å². The lowest BCUT2D eigenvalue weighted by atomic mass is 9.91. The predicted octanol–water partition coefficient (Wildman–Crippen LogP) is 1.77. The monoisotopic (exact) mass is 314 g/mol. The molecule has 1 aromatic rings. The van der Waals surface area contributed by atoms with Gasteiger partial charge in [-0.25, -0.2) is 4.79 Å². The molecule has 0 aliphatic heterocycles. The highest BCUT2D eigenvalue weighted by atomic mass is 32.1. The number of carbonyl (C=O) groups excluding carboxylic acids is 1. The third-order valence-electron chi connectivity index (χ3n) is 3.05. The van der Waals surface area contributed by atoms with Gasteiger partial charge < -0.3 is 20.1 Å². The van der Waals surface area contributed by atoms with Gasteiger partial charge in [-0.05, 0) is 11.4 Å². The van der Waals surface area contributed by atoms with Crippen LogP contribution in [0.15, 0.2) is 17.5 Å². The molecule has 0 aliphatic carbocycles. The average molecular weight is 314 g/mol. The number of amides is 2. The average Bonchev–Trinajstić information content (AvgIpc) is 2.95. The van der Waals surface area contributed by atoms with E-state index in [-0.39, 0.29) is 24.5 Å². The molecular formula is C14H22N2O4S. The van der Waals surface area contributed by atoms with Crippen LogP contribution in [0, 0.1) is 0 Å². The highest BCUT2D eigenvalue weighted by molar-refractivity contribution is 7.10. The number of methoxy groups -OCH3 is 1. The fourth-order valence-electron chi connectivity index (χ4n) is 1.78. The van der Waals surface area contributed by atoms with Crippen LogP contribution in [0.3, 0.4) is 0 Å². The van der Waals surface area contributed by atoms with Gasteiger partial charge >= 0.3 is 12.0 Å². The van der Waals surface area contributed by atoms with Crippen molar-refractivity contribution in [3.63, 3.8) is 0 Å². The van der Waals surface area contributed by atoms with Crippen LogP contribution in [0.4, 0.5) is 4.79 Å². The van der Waals surface area contributed by atoms with Crippen molar-refractivity contribution in [3.05, 3.63) is 22.4 Å². The molecule has 7 heteroatoms. The number of nitrogens with one attached hydrogen (secondary N) is 1. The minimum Gasteiger partial charge on any atom is -0.480 e. The highest BCUT2D eigenvalue weighted by Gasteiger charge is 2.24. The number of ether oxygens (including phenoxy) is 1. The first-order valence-electron chi connectivity index (χ1n) is 6.64. The predicted molar refractivity (Wildman–Crippen MR) is 81.8 cm³/mol.